The lowest BCUT2D eigenvalue weighted by atomic mass is 10.2. The molecular weight excluding hydrogens is 254 g/mol. The number of thioether (sulfide) groups is 1. The zero-order valence-electron chi connectivity index (χ0n) is 9.89. The quantitative estimate of drug-likeness (QED) is 0.550. The van der Waals surface area contributed by atoms with Gasteiger partial charge in [-0.1, -0.05) is 18.3 Å². The SMILES string of the molecule is C=C(CO)NC(=O)/C(C#N)=C1\SCC(=O)N1CC. The summed E-state index contributed by atoms with van der Waals surface area (Å²) in [5.74, 6) is -0.561. The van der Waals surface area contributed by atoms with Crippen molar-refractivity contribution < 1.29 is 14.7 Å². The van der Waals surface area contributed by atoms with Crippen molar-refractivity contribution in [1.29, 1.82) is 5.26 Å². The molecular formula is C11H13N3O3S. The molecule has 0 atom stereocenters. The van der Waals surface area contributed by atoms with Gasteiger partial charge in [-0.25, -0.2) is 0 Å². The largest absolute Gasteiger partial charge is 0.390 e. The molecule has 1 saturated heterocycles. The van der Waals surface area contributed by atoms with E-state index in [0.717, 1.165) is 11.8 Å². The fourth-order valence-electron chi connectivity index (χ4n) is 1.38. The Labute approximate surface area is 109 Å². The van der Waals surface area contributed by atoms with Gasteiger partial charge in [0.25, 0.3) is 5.91 Å². The van der Waals surface area contributed by atoms with Gasteiger partial charge in [-0.3, -0.25) is 9.59 Å². The van der Waals surface area contributed by atoms with E-state index in [1.807, 2.05) is 0 Å². The second-order valence-electron chi connectivity index (χ2n) is 3.43. The van der Waals surface area contributed by atoms with Gasteiger partial charge in [0.2, 0.25) is 5.91 Å². The number of hydrogen-bond donors (Lipinski definition) is 2. The van der Waals surface area contributed by atoms with E-state index in [4.69, 9.17) is 10.4 Å². The van der Waals surface area contributed by atoms with Gasteiger partial charge >= 0.3 is 0 Å². The zero-order valence-corrected chi connectivity index (χ0v) is 10.7. The Morgan fingerprint density at radius 2 is 2.39 bits per heavy atom. The van der Waals surface area contributed by atoms with Gasteiger partial charge in [-0.15, -0.1) is 0 Å². The first-order valence-corrected chi connectivity index (χ1v) is 6.21. The Balaban J connectivity index is 3.02. The zero-order chi connectivity index (χ0) is 13.7. The summed E-state index contributed by atoms with van der Waals surface area (Å²) in [5, 5.41) is 20.4. The molecule has 7 heteroatoms. The Bertz CT molecular complexity index is 465. The van der Waals surface area contributed by atoms with Crippen molar-refractivity contribution in [3.05, 3.63) is 22.9 Å². The van der Waals surface area contributed by atoms with E-state index in [9.17, 15) is 9.59 Å². The van der Waals surface area contributed by atoms with Crippen molar-refractivity contribution in [3.63, 3.8) is 0 Å². The van der Waals surface area contributed by atoms with Gasteiger partial charge in [0, 0.05) is 12.2 Å². The van der Waals surface area contributed by atoms with Crippen molar-refractivity contribution in [2.45, 2.75) is 6.92 Å². The standard InChI is InChI=1S/C11H13N3O3S/c1-3-14-9(16)6-18-11(14)8(4-12)10(17)13-7(2)5-15/h15H,2-3,5-6H2,1H3,(H,13,17)/b11-8-. The normalized spacial score (nSPS) is 17.4. The van der Waals surface area contributed by atoms with Crippen LogP contribution < -0.4 is 5.32 Å². The molecule has 18 heavy (non-hydrogen) atoms. The molecule has 0 bridgehead atoms. The van der Waals surface area contributed by atoms with Crippen LogP contribution in [-0.4, -0.2) is 40.7 Å². The number of nitrogens with zero attached hydrogens (tertiary/aromatic N) is 2. The van der Waals surface area contributed by atoms with Crippen LogP contribution >= 0.6 is 11.8 Å². The number of amides is 2. The summed E-state index contributed by atoms with van der Waals surface area (Å²) in [6.45, 7) is 5.18. The fourth-order valence-corrected chi connectivity index (χ4v) is 2.47. The van der Waals surface area contributed by atoms with E-state index in [1.54, 1.807) is 13.0 Å². The Hall–Kier alpha value is -1.78. The van der Waals surface area contributed by atoms with E-state index in [2.05, 4.69) is 11.9 Å². The Morgan fingerprint density at radius 1 is 1.72 bits per heavy atom. The predicted molar refractivity (Wildman–Crippen MR) is 66.9 cm³/mol. The number of nitrogens with one attached hydrogen (secondary N) is 1. The molecule has 0 aliphatic carbocycles. The number of hydrogen-bond acceptors (Lipinski definition) is 5. The van der Waals surface area contributed by atoms with Crippen LogP contribution in [0.3, 0.4) is 0 Å². The van der Waals surface area contributed by atoms with E-state index in [-0.39, 0.29) is 22.9 Å². The molecule has 0 aromatic heterocycles. The average Bonchev–Trinajstić information content (AvgIpc) is 2.71. The molecule has 0 aromatic rings. The smallest absolute Gasteiger partial charge is 0.268 e. The summed E-state index contributed by atoms with van der Waals surface area (Å²) in [4.78, 5) is 24.7. The molecule has 1 aliphatic heterocycles. The summed E-state index contributed by atoms with van der Waals surface area (Å²) in [6.07, 6.45) is 0. The Kier molecular flexibility index (Phi) is 4.95. The third-order valence-electron chi connectivity index (χ3n) is 2.23. The monoisotopic (exact) mass is 267 g/mol. The molecule has 1 heterocycles. The van der Waals surface area contributed by atoms with Gasteiger partial charge in [-0.05, 0) is 6.92 Å². The minimum absolute atomic E-state index is 0.103. The van der Waals surface area contributed by atoms with Gasteiger partial charge in [0.15, 0.2) is 0 Å². The Morgan fingerprint density at radius 3 is 2.89 bits per heavy atom. The number of rotatable bonds is 4. The molecule has 0 radical (unpaired) electrons. The number of carbonyl (C=O) groups excluding carboxylic acids is 2. The molecule has 6 nitrogen and oxygen atoms in total. The summed E-state index contributed by atoms with van der Waals surface area (Å²) in [5.41, 5.74) is -0.0342. The number of aliphatic hydroxyl groups is 1. The van der Waals surface area contributed by atoms with Crippen LogP contribution in [0.4, 0.5) is 0 Å². The van der Waals surface area contributed by atoms with Crippen molar-refractivity contribution in [3.8, 4) is 6.07 Å². The number of aliphatic hydroxyl groups excluding tert-OH is 1. The van der Waals surface area contributed by atoms with E-state index in [1.165, 1.54) is 4.90 Å². The maximum Gasteiger partial charge on any atom is 0.268 e. The summed E-state index contributed by atoms with van der Waals surface area (Å²) in [7, 11) is 0. The molecule has 0 spiro atoms. The van der Waals surface area contributed by atoms with Crippen LogP contribution in [0.2, 0.25) is 0 Å². The first kappa shape index (κ1) is 14.3. The first-order chi connectivity index (χ1) is 8.54. The van der Waals surface area contributed by atoms with E-state index < -0.39 is 12.5 Å². The maximum atomic E-state index is 11.8. The molecule has 96 valence electrons. The van der Waals surface area contributed by atoms with Crippen molar-refractivity contribution in [2.75, 3.05) is 18.9 Å². The highest BCUT2D eigenvalue weighted by Crippen LogP contribution is 2.31. The van der Waals surface area contributed by atoms with Gasteiger partial charge in [0.05, 0.1) is 12.4 Å². The third-order valence-corrected chi connectivity index (χ3v) is 3.32. The highest BCUT2D eigenvalue weighted by molar-refractivity contribution is 8.04. The molecule has 2 amide bonds. The summed E-state index contributed by atoms with van der Waals surface area (Å²) >= 11 is 1.16. The van der Waals surface area contributed by atoms with Gasteiger partial charge in [-0.2, -0.15) is 5.26 Å². The maximum absolute atomic E-state index is 11.8. The minimum atomic E-state index is -0.660. The summed E-state index contributed by atoms with van der Waals surface area (Å²) < 4.78 is 0. The number of carbonyl (C=O) groups is 2. The second kappa shape index (κ2) is 6.23. The number of nitriles is 1. The average molecular weight is 267 g/mol. The first-order valence-electron chi connectivity index (χ1n) is 5.22. The van der Waals surface area contributed by atoms with E-state index >= 15 is 0 Å². The lowest BCUT2D eigenvalue weighted by Gasteiger charge is -2.15. The minimum Gasteiger partial charge on any atom is -0.390 e. The van der Waals surface area contributed by atoms with Crippen LogP contribution in [0, 0.1) is 11.3 Å². The van der Waals surface area contributed by atoms with Crippen LogP contribution in [0.5, 0.6) is 0 Å². The molecule has 0 saturated carbocycles. The highest BCUT2D eigenvalue weighted by atomic mass is 32.2. The van der Waals surface area contributed by atoms with Crippen LogP contribution in [0.25, 0.3) is 0 Å². The predicted octanol–water partition coefficient (Wildman–Crippen LogP) is -0.0609. The van der Waals surface area contributed by atoms with Crippen LogP contribution in [0.15, 0.2) is 22.9 Å². The second-order valence-corrected chi connectivity index (χ2v) is 4.40. The lowest BCUT2D eigenvalue weighted by molar-refractivity contribution is -0.125. The van der Waals surface area contributed by atoms with Crippen LogP contribution in [-0.2, 0) is 9.59 Å². The third kappa shape index (κ3) is 2.91. The molecule has 1 fully saturated rings. The van der Waals surface area contributed by atoms with Crippen LogP contribution in [0.1, 0.15) is 6.92 Å². The van der Waals surface area contributed by atoms with Gasteiger partial charge < -0.3 is 15.3 Å². The molecule has 0 aromatic carbocycles. The van der Waals surface area contributed by atoms with Crippen molar-refractivity contribution >= 4 is 23.6 Å². The van der Waals surface area contributed by atoms with Crippen molar-refractivity contribution in [1.82, 2.24) is 10.2 Å². The summed E-state index contributed by atoms with van der Waals surface area (Å²) in [6, 6.07) is 1.79. The fraction of sp³-hybridized carbons (Fsp3) is 0.364. The topological polar surface area (TPSA) is 93.4 Å². The van der Waals surface area contributed by atoms with Crippen molar-refractivity contribution in [2.24, 2.45) is 0 Å². The van der Waals surface area contributed by atoms with Gasteiger partial charge in [0.1, 0.15) is 16.7 Å². The molecule has 0 unspecified atom stereocenters. The molecule has 1 aliphatic rings. The molecule has 2 N–H and O–H groups in total. The van der Waals surface area contributed by atoms with E-state index in [0.29, 0.717) is 11.6 Å². The highest BCUT2D eigenvalue weighted by Gasteiger charge is 2.30. The molecule has 1 rings (SSSR count). The lowest BCUT2D eigenvalue weighted by Crippen LogP contribution is -2.30.